The lowest BCUT2D eigenvalue weighted by Gasteiger charge is -2.19. The summed E-state index contributed by atoms with van der Waals surface area (Å²) >= 11 is 1.38. The molecule has 1 aromatic rings. The summed E-state index contributed by atoms with van der Waals surface area (Å²) in [5.41, 5.74) is 1.09. The van der Waals surface area contributed by atoms with Gasteiger partial charge in [0, 0.05) is 23.1 Å². The topological polar surface area (TPSA) is 138 Å². The molecule has 1 aromatic heterocycles. The maximum Gasteiger partial charge on any atom is 0.469 e. The molecule has 1 fully saturated rings. The predicted molar refractivity (Wildman–Crippen MR) is 86.2 cm³/mol. The van der Waals surface area contributed by atoms with Crippen LogP contribution < -0.4 is 5.32 Å². The molecule has 1 saturated heterocycles. The number of nitrogens with one attached hydrogen (secondary N) is 1. The van der Waals surface area contributed by atoms with Crippen molar-refractivity contribution in [1.82, 2.24) is 10.3 Å². The maximum atomic E-state index is 11.8. The van der Waals surface area contributed by atoms with Crippen molar-refractivity contribution in [3.05, 3.63) is 23.0 Å². The number of hydrogen-bond acceptors (Lipinski definition) is 8. The van der Waals surface area contributed by atoms with Gasteiger partial charge in [0.05, 0.1) is 24.3 Å². The van der Waals surface area contributed by atoms with Crippen LogP contribution in [0, 0.1) is 6.92 Å². The van der Waals surface area contributed by atoms with E-state index < -0.39 is 25.8 Å². The van der Waals surface area contributed by atoms with E-state index in [4.69, 9.17) is 14.5 Å². The fourth-order valence-electron chi connectivity index (χ4n) is 2.23. The molecule has 9 nitrogen and oxygen atoms in total. The Morgan fingerprint density at radius 2 is 2.25 bits per heavy atom. The van der Waals surface area contributed by atoms with Gasteiger partial charge in [-0.2, -0.15) is 0 Å². The van der Waals surface area contributed by atoms with Crippen molar-refractivity contribution >= 4 is 25.6 Å². The van der Waals surface area contributed by atoms with Crippen LogP contribution in [0.1, 0.15) is 29.1 Å². The SMILES string of the molecule is CCOC(=O)[C@@H]1CS[C@@H](c2c(COP(=O)(O)O)cnc(C)c2O)N1. The average Bonchev–Trinajstić information content (AvgIpc) is 2.97. The van der Waals surface area contributed by atoms with Crippen LogP contribution in [0.25, 0.3) is 0 Å². The molecule has 0 radical (unpaired) electrons. The highest BCUT2D eigenvalue weighted by Gasteiger charge is 2.34. The summed E-state index contributed by atoms with van der Waals surface area (Å²) in [6, 6.07) is -0.525. The van der Waals surface area contributed by atoms with Crippen LogP contribution >= 0.6 is 19.6 Å². The minimum atomic E-state index is -4.66. The van der Waals surface area contributed by atoms with E-state index in [1.807, 2.05) is 0 Å². The van der Waals surface area contributed by atoms with E-state index in [9.17, 15) is 14.5 Å². The standard InChI is InChI=1S/C13H19N2O7PS/c1-3-21-13(17)9-6-24-12(15-9)10-8(5-22-23(18,19)20)4-14-7(2)11(10)16/h4,9,12,15-16H,3,5-6H2,1-2H3,(H2,18,19,20)/t9-,12-/m0/s1. The van der Waals surface area contributed by atoms with Crippen LogP contribution in [-0.4, -0.2) is 44.2 Å². The van der Waals surface area contributed by atoms with Crippen LogP contribution in [-0.2, 0) is 25.2 Å². The number of phosphoric ester groups is 1. The Balaban J connectivity index is 2.24. The van der Waals surface area contributed by atoms with Crippen LogP contribution in [0.15, 0.2) is 6.20 Å². The Labute approximate surface area is 143 Å². The molecule has 0 spiro atoms. The van der Waals surface area contributed by atoms with E-state index in [1.54, 1.807) is 13.8 Å². The second-order valence-electron chi connectivity index (χ2n) is 5.08. The minimum absolute atomic E-state index is 0.101. The van der Waals surface area contributed by atoms with Crippen molar-refractivity contribution in [3.8, 4) is 5.75 Å². The first-order valence-corrected chi connectivity index (χ1v) is 9.72. The second-order valence-corrected chi connectivity index (χ2v) is 7.46. The lowest BCUT2D eigenvalue weighted by Crippen LogP contribution is -2.35. The molecular weight excluding hydrogens is 359 g/mol. The van der Waals surface area contributed by atoms with E-state index >= 15 is 0 Å². The van der Waals surface area contributed by atoms with Crippen LogP contribution in [0.3, 0.4) is 0 Å². The largest absolute Gasteiger partial charge is 0.506 e. The third-order valence-corrected chi connectivity index (χ3v) is 5.06. The summed E-state index contributed by atoms with van der Waals surface area (Å²) in [5, 5.41) is 12.9. The normalized spacial score (nSPS) is 21.0. The zero-order valence-corrected chi connectivity index (χ0v) is 14.8. The van der Waals surface area contributed by atoms with Gasteiger partial charge in [-0.1, -0.05) is 0 Å². The van der Waals surface area contributed by atoms with Crippen LogP contribution in [0.4, 0.5) is 0 Å². The first-order valence-electron chi connectivity index (χ1n) is 7.14. The highest BCUT2D eigenvalue weighted by molar-refractivity contribution is 7.99. The van der Waals surface area contributed by atoms with Gasteiger partial charge in [-0.05, 0) is 13.8 Å². The van der Waals surface area contributed by atoms with E-state index in [2.05, 4.69) is 14.8 Å². The van der Waals surface area contributed by atoms with Gasteiger partial charge in [0.25, 0.3) is 0 Å². The third kappa shape index (κ3) is 4.69. The Hall–Kier alpha value is -1.16. The minimum Gasteiger partial charge on any atom is -0.506 e. The van der Waals surface area contributed by atoms with Gasteiger partial charge >= 0.3 is 13.8 Å². The first-order chi connectivity index (χ1) is 11.2. The number of nitrogens with zero attached hydrogens (tertiary/aromatic N) is 1. The molecule has 24 heavy (non-hydrogen) atoms. The molecule has 2 heterocycles. The average molecular weight is 378 g/mol. The smallest absolute Gasteiger partial charge is 0.469 e. The zero-order chi connectivity index (χ0) is 17.9. The number of carbonyl (C=O) groups is 1. The lowest BCUT2D eigenvalue weighted by atomic mass is 10.1. The Bertz CT molecular complexity index is 666. The van der Waals surface area contributed by atoms with Crippen molar-refractivity contribution in [3.63, 3.8) is 0 Å². The number of aryl methyl sites for hydroxylation is 1. The predicted octanol–water partition coefficient (Wildman–Crippen LogP) is 0.972. The number of hydrogen-bond donors (Lipinski definition) is 4. The number of carbonyl (C=O) groups excluding carboxylic acids is 1. The first kappa shape index (κ1) is 19.2. The fraction of sp³-hybridized carbons (Fsp3) is 0.538. The molecule has 2 rings (SSSR count). The number of phosphoric acid groups is 1. The van der Waals surface area contributed by atoms with Crippen molar-refractivity contribution in [2.45, 2.75) is 31.9 Å². The molecule has 4 N–H and O–H groups in total. The molecule has 134 valence electrons. The van der Waals surface area contributed by atoms with Crippen molar-refractivity contribution < 1.29 is 33.5 Å². The highest BCUT2D eigenvalue weighted by atomic mass is 32.2. The zero-order valence-electron chi connectivity index (χ0n) is 13.1. The number of ether oxygens (including phenoxy) is 1. The van der Waals surface area contributed by atoms with Gasteiger partial charge in [-0.3, -0.25) is 19.6 Å². The van der Waals surface area contributed by atoms with E-state index in [0.29, 0.717) is 22.6 Å². The number of aromatic hydroxyl groups is 1. The van der Waals surface area contributed by atoms with E-state index in [-0.39, 0.29) is 18.3 Å². The van der Waals surface area contributed by atoms with E-state index in [1.165, 1.54) is 18.0 Å². The van der Waals surface area contributed by atoms with Crippen LogP contribution in [0.5, 0.6) is 5.75 Å². The number of rotatable bonds is 6. The lowest BCUT2D eigenvalue weighted by molar-refractivity contribution is -0.144. The molecule has 0 aliphatic carbocycles. The number of pyridine rings is 1. The van der Waals surface area contributed by atoms with Crippen molar-refractivity contribution in [2.75, 3.05) is 12.4 Å². The second kappa shape index (κ2) is 7.81. The molecular formula is C13H19N2O7PS. The number of aromatic nitrogens is 1. The summed E-state index contributed by atoms with van der Waals surface area (Å²) in [4.78, 5) is 33.5. The molecule has 0 saturated carbocycles. The Kier molecular flexibility index (Phi) is 6.24. The summed E-state index contributed by atoms with van der Waals surface area (Å²) in [7, 11) is -4.66. The molecule has 0 bridgehead atoms. The third-order valence-electron chi connectivity index (χ3n) is 3.36. The molecule has 0 amide bonds. The quantitative estimate of drug-likeness (QED) is 0.418. The van der Waals surface area contributed by atoms with Crippen molar-refractivity contribution in [1.29, 1.82) is 0 Å². The number of thioether (sulfide) groups is 1. The summed E-state index contributed by atoms with van der Waals surface area (Å²) < 4.78 is 20.4. The van der Waals surface area contributed by atoms with Crippen LogP contribution in [0.2, 0.25) is 0 Å². The molecule has 1 aliphatic rings. The van der Waals surface area contributed by atoms with Gasteiger partial charge in [0.2, 0.25) is 0 Å². The summed E-state index contributed by atoms with van der Waals surface area (Å²) in [6.07, 6.45) is 1.39. The molecule has 11 heteroatoms. The maximum absolute atomic E-state index is 11.8. The fourth-order valence-corrected chi connectivity index (χ4v) is 3.85. The monoisotopic (exact) mass is 378 g/mol. The van der Waals surface area contributed by atoms with Gasteiger partial charge in [-0.25, -0.2) is 4.57 Å². The molecule has 1 aliphatic heterocycles. The Morgan fingerprint density at radius 3 is 2.88 bits per heavy atom. The van der Waals surface area contributed by atoms with Gasteiger partial charge in [0.15, 0.2) is 0 Å². The highest BCUT2D eigenvalue weighted by Crippen LogP contribution is 2.43. The van der Waals surface area contributed by atoms with Crippen molar-refractivity contribution in [2.24, 2.45) is 0 Å². The van der Waals surface area contributed by atoms with Gasteiger partial charge < -0.3 is 19.6 Å². The Morgan fingerprint density at radius 1 is 1.54 bits per heavy atom. The molecule has 0 aromatic carbocycles. The van der Waals surface area contributed by atoms with Gasteiger partial charge in [-0.15, -0.1) is 11.8 Å². The molecule has 2 atom stereocenters. The summed E-state index contributed by atoms with van der Waals surface area (Å²) in [5.74, 6) is -0.0366. The number of esters is 1. The summed E-state index contributed by atoms with van der Waals surface area (Å²) in [6.45, 7) is 3.18. The van der Waals surface area contributed by atoms with Gasteiger partial charge in [0.1, 0.15) is 11.8 Å². The van der Waals surface area contributed by atoms with E-state index in [0.717, 1.165) is 0 Å². The molecule has 0 unspecified atom stereocenters.